The maximum Gasteiger partial charge on any atom is 0.160 e. The van der Waals surface area contributed by atoms with Crippen LogP contribution in [-0.2, 0) is 11.2 Å². The minimum Gasteiger partial charge on any atom is -0.394 e. The Hall–Kier alpha value is -1.51. The van der Waals surface area contributed by atoms with Crippen molar-refractivity contribution in [2.75, 3.05) is 6.61 Å². The van der Waals surface area contributed by atoms with E-state index in [-0.39, 0.29) is 0 Å². The molecule has 1 aliphatic rings. The number of aromatic nitrogens is 2. The summed E-state index contributed by atoms with van der Waals surface area (Å²) >= 11 is 0. The summed E-state index contributed by atoms with van der Waals surface area (Å²) in [7, 11) is 0. The molecule has 0 radical (unpaired) electrons. The molecule has 1 aromatic rings. The fraction of sp³-hybridized carbons (Fsp3) is 0.636. The minimum absolute atomic E-state index is 0.362. The van der Waals surface area contributed by atoms with E-state index in [0.717, 1.165) is 6.34 Å². The van der Waals surface area contributed by atoms with Gasteiger partial charge in [-0.2, -0.15) is 5.10 Å². The predicted octanol–water partition coefficient (Wildman–Crippen LogP) is -0.673. The molecule has 8 heteroatoms. The zero-order valence-electron chi connectivity index (χ0n) is 10.5. The van der Waals surface area contributed by atoms with Crippen LogP contribution in [0.2, 0.25) is 0 Å². The first-order valence-corrected chi connectivity index (χ1v) is 6.03. The second-order valence-electron chi connectivity index (χ2n) is 4.24. The van der Waals surface area contributed by atoms with Crippen molar-refractivity contribution in [2.24, 2.45) is 10.8 Å². The molecular weight excluding hydrogens is 255 g/mol. The summed E-state index contributed by atoms with van der Waals surface area (Å²) in [4.78, 5) is 4.11. The van der Waals surface area contributed by atoms with Gasteiger partial charge in [-0.15, -0.1) is 0 Å². The van der Waals surface area contributed by atoms with Gasteiger partial charge in [-0.3, -0.25) is 0 Å². The Morgan fingerprint density at radius 3 is 2.95 bits per heavy atom. The maximum absolute atomic E-state index is 14.0. The van der Waals surface area contributed by atoms with Crippen LogP contribution in [0.5, 0.6) is 0 Å². The molecule has 1 aromatic heterocycles. The fourth-order valence-corrected chi connectivity index (χ4v) is 2.15. The molecule has 0 saturated carbocycles. The number of hydrogen-bond donors (Lipinski definition) is 3. The van der Waals surface area contributed by atoms with E-state index in [0.29, 0.717) is 17.9 Å². The van der Waals surface area contributed by atoms with Crippen molar-refractivity contribution in [2.45, 2.75) is 37.8 Å². The maximum atomic E-state index is 14.0. The van der Waals surface area contributed by atoms with Gasteiger partial charge in [0.05, 0.1) is 18.5 Å². The van der Waals surface area contributed by atoms with Crippen LogP contribution in [0.1, 0.15) is 24.5 Å². The van der Waals surface area contributed by atoms with Gasteiger partial charge in [0, 0.05) is 6.42 Å². The summed E-state index contributed by atoms with van der Waals surface area (Å²) in [6.45, 7) is 1.43. The lowest BCUT2D eigenvalue weighted by Gasteiger charge is -2.13. The molecule has 4 N–H and O–H groups in total. The van der Waals surface area contributed by atoms with Crippen molar-refractivity contribution < 1.29 is 19.3 Å². The van der Waals surface area contributed by atoms with Gasteiger partial charge in [-0.1, -0.05) is 6.92 Å². The molecule has 19 heavy (non-hydrogen) atoms. The van der Waals surface area contributed by atoms with Crippen molar-refractivity contribution in [3.05, 3.63) is 17.7 Å². The largest absolute Gasteiger partial charge is 0.394 e. The summed E-state index contributed by atoms with van der Waals surface area (Å²) in [5, 5.41) is 22.5. The third-order valence-electron chi connectivity index (χ3n) is 3.12. The van der Waals surface area contributed by atoms with Gasteiger partial charge in [0.15, 0.2) is 6.17 Å². The summed E-state index contributed by atoms with van der Waals surface area (Å²) < 4.78 is 20.7. The lowest BCUT2D eigenvalue weighted by Crippen LogP contribution is -2.30. The van der Waals surface area contributed by atoms with Crippen LogP contribution in [0.4, 0.5) is 4.39 Å². The lowest BCUT2D eigenvalue weighted by molar-refractivity contribution is -0.0244. The first-order valence-electron chi connectivity index (χ1n) is 6.03. The van der Waals surface area contributed by atoms with Gasteiger partial charge in [-0.05, 0) is 0 Å². The summed E-state index contributed by atoms with van der Waals surface area (Å²) in [6, 6.07) is 0. The smallest absolute Gasteiger partial charge is 0.160 e. The van der Waals surface area contributed by atoms with Crippen molar-refractivity contribution in [3.63, 3.8) is 0 Å². The van der Waals surface area contributed by atoms with E-state index in [1.807, 2.05) is 6.92 Å². The number of aliphatic hydroxyl groups excluding tert-OH is 2. The average molecular weight is 272 g/mol. The zero-order valence-corrected chi connectivity index (χ0v) is 10.5. The van der Waals surface area contributed by atoms with Gasteiger partial charge in [0.25, 0.3) is 0 Å². The number of aryl methyl sites for hydroxylation is 1. The average Bonchev–Trinajstić information content (AvgIpc) is 2.93. The highest BCUT2D eigenvalue weighted by molar-refractivity contribution is 5.51. The van der Waals surface area contributed by atoms with E-state index in [2.05, 4.69) is 10.1 Å². The monoisotopic (exact) mass is 272 g/mol. The Morgan fingerprint density at radius 2 is 2.42 bits per heavy atom. The second-order valence-corrected chi connectivity index (χ2v) is 4.24. The molecule has 2 rings (SSSR count). The first kappa shape index (κ1) is 13.9. The van der Waals surface area contributed by atoms with Crippen LogP contribution in [0, 0.1) is 0 Å². The number of halogens is 1. The van der Waals surface area contributed by atoms with Gasteiger partial charge >= 0.3 is 0 Å². The molecular formula is C11H17FN4O3. The Bertz CT molecular complexity index is 465. The van der Waals surface area contributed by atoms with Crippen LogP contribution in [0.25, 0.3) is 0 Å². The first-order chi connectivity index (χ1) is 9.13. The zero-order chi connectivity index (χ0) is 14.0. The minimum atomic E-state index is -1.65. The molecule has 0 bridgehead atoms. The predicted molar refractivity (Wildman–Crippen MR) is 65.3 cm³/mol. The lowest BCUT2D eigenvalue weighted by atomic mass is 10.1. The number of imidazole rings is 1. The SMILES string of the molecule is CCc1ncc([C@@H]2O[C@H](CO)[C@@H](O)[C@H]2F)n1/N=C\N. The van der Waals surface area contributed by atoms with E-state index in [1.165, 1.54) is 10.9 Å². The number of rotatable bonds is 4. The number of nitrogens with two attached hydrogens (primary N) is 1. The van der Waals surface area contributed by atoms with Crippen molar-refractivity contribution in [3.8, 4) is 0 Å². The molecule has 1 fully saturated rings. The van der Waals surface area contributed by atoms with Crippen LogP contribution in [0.3, 0.4) is 0 Å². The Labute approximate surface area is 109 Å². The summed E-state index contributed by atoms with van der Waals surface area (Å²) in [6.07, 6.45) is -1.89. The number of aliphatic hydroxyl groups is 2. The molecule has 0 spiro atoms. The van der Waals surface area contributed by atoms with Gasteiger partial charge in [-0.25, -0.2) is 14.1 Å². The molecule has 0 amide bonds. The topological polar surface area (TPSA) is 106 Å². The molecule has 1 saturated heterocycles. The Morgan fingerprint density at radius 1 is 1.68 bits per heavy atom. The van der Waals surface area contributed by atoms with E-state index >= 15 is 0 Å². The van der Waals surface area contributed by atoms with E-state index in [4.69, 9.17) is 15.6 Å². The second kappa shape index (κ2) is 5.64. The number of alkyl halides is 1. The van der Waals surface area contributed by atoms with Gasteiger partial charge in [0.1, 0.15) is 30.5 Å². The molecule has 106 valence electrons. The van der Waals surface area contributed by atoms with Crippen LogP contribution >= 0.6 is 0 Å². The number of ether oxygens (including phenoxy) is 1. The third-order valence-corrected chi connectivity index (χ3v) is 3.12. The molecule has 7 nitrogen and oxygen atoms in total. The normalized spacial score (nSPS) is 31.4. The van der Waals surface area contributed by atoms with E-state index < -0.39 is 31.1 Å². The highest BCUT2D eigenvalue weighted by Gasteiger charge is 2.46. The highest BCUT2D eigenvalue weighted by Crippen LogP contribution is 2.35. The molecule has 4 atom stereocenters. The van der Waals surface area contributed by atoms with Crippen LogP contribution in [-0.4, -0.2) is 51.2 Å². The summed E-state index contributed by atoms with van der Waals surface area (Å²) in [5.74, 6) is 0.606. The van der Waals surface area contributed by atoms with Gasteiger partial charge < -0.3 is 20.7 Å². The molecule has 2 heterocycles. The number of hydrogen-bond acceptors (Lipinski definition) is 5. The van der Waals surface area contributed by atoms with Crippen LogP contribution < -0.4 is 5.73 Å². The third kappa shape index (κ3) is 2.34. The fourth-order valence-electron chi connectivity index (χ4n) is 2.15. The van der Waals surface area contributed by atoms with Crippen molar-refractivity contribution in [1.82, 2.24) is 9.66 Å². The standard InChI is InChI=1S/C11H17FN4O3/c1-2-8-14-3-6(16(8)15-5-13)11-9(12)10(18)7(4-17)19-11/h3,5,7,9-11,17-18H,2,4H2,1H3,(H2,13,15)/t7-,9-,10-,11+/m1/s1. The molecule has 0 aliphatic carbocycles. The molecule has 0 unspecified atom stereocenters. The van der Waals surface area contributed by atoms with Gasteiger partial charge in [0.2, 0.25) is 0 Å². The summed E-state index contributed by atoms with van der Waals surface area (Å²) in [5.41, 5.74) is 5.62. The molecule has 1 aliphatic heterocycles. The van der Waals surface area contributed by atoms with Crippen molar-refractivity contribution >= 4 is 6.34 Å². The molecule has 0 aromatic carbocycles. The van der Waals surface area contributed by atoms with E-state index in [9.17, 15) is 9.50 Å². The number of nitrogens with zero attached hydrogens (tertiary/aromatic N) is 3. The van der Waals surface area contributed by atoms with Crippen LogP contribution in [0.15, 0.2) is 11.3 Å². The van der Waals surface area contributed by atoms with Crippen molar-refractivity contribution in [1.29, 1.82) is 0 Å². The van der Waals surface area contributed by atoms with E-state index in [1.54, 1.807) is 0 Å². The quantitative estimate of drug-likeness (QED) is 0.498. The Kier molecular flexibility index (Phi) is 4.13. The highest BCUT2D eigenvalue weighted by atomic mass is 19.1. The Balaban J connectivity index is 2.34.